The van der Waals surface area contributed by atoms with Crippen LogP contribution in [-0.4, -0.2) is 30.1 Å². The molecule has 0 saturated heterocycles. The molecular formula is C20H23BrN4O3. The summed E-state index contributed by atoms with van der Waals surface area (Å²) < 4.78 is 0.791. The van der Waals surface area contributed by atoms with Crippen LogP contribution in [0.1, 0.15) is 42.6 Å². The maximum absolute atomic E-state index is 12.2. The number of unbranched alkanes of at least 4 members (excludes halogenated alkanes) is 1. The maximum atomic E-state index is 12.2. The molecule has 0 atom stereocenters. The fraction of sp³-hybridized carbons (Fsp3) is 0.300. The van der Waals surface area contributed by atoms with Crippen LogP contribution < -0.4 is 10.3 Å². The average Bonchev–Trinajstić information content (AvgIpc) is 2.69. The predicted molar refractivity (Wildman–Crippen MR) is 115 cm³/mol. The number of hydrazone groups is 1. The second-order valence-corrected chi connectivity index (χ2v) is 7.06. The van der Waals surface area contributed by atoms with E-state index in [1.807, 2.05) is 13.0 Å². The molecule has 0 radical (unpaired) electrons. The quantitative estimate of drug-likeness (QED) is 0.342. The van der Waals surface area contributed by atoms with Gasteiger partial charge < -0.3 is 4.90 Å². The van der Waals surface area contributed by atoms with Gasteiger partial charge in [-0.2, -0.15) is 5.10 Å². The van der Waals surface area contributed by atoms with Gasteiger partial charge in [-0.1, -0.05) is 35.3 Å². The van der Waals surface area contributed by atoms with Gasteiger partial charge in [-0.05, 0) is 37.6 Å². The van der Waals surface area contributed by atoms with Crippen molar-refractivity contribution in [2.75, 3.05) is 18.0 Å². The zero-order chi connectivity index (χ0) is 20.5. The zero-order valence-electron chi connectivity index (χ0n) is 15.9. The summed E-state index contributed by atoms with van der Waals surface area (Å²) in [5.74, 6) is -0.358. The highest BCUT2D eigenvalue weighted by Gasteiger charge is 2.14. The van der Waals surface area contributed by atoms with Crippen LogP contribution in [0.3, 0.4) is 0 Å². The highest BCUT2D eigenvalue weighted by Crippen LogP contribution is 2.24. The number of benzene rings is 2. The van der Waals surface area contributed by atoms with Crippen LogP contribution in [0.4, 0.5) is 11.4 Å². The number of carbonyl (C=O) groups excluding carboxylic acids is 1. The first-order valence-electron chi connectivity index (χ1n) is 9.08. The van der Waals surface area contributed by atoms with E-state index in [0.717, 1.165) is 36.1 Å². The largest absolute Gasteiger partial charge is 0.371 e. The van der Waals surface area contributed by atoms with Crippen LogP contribution in [0.5, 0.6) is 0 Å². The molecule has 2 aromatic rings. The molecule has 0 spiro atoms. The summed E-state index contributed by atoms with van der Waals surface area (Å²) in [5.41, 5.74) is 4.35. The highest BCUT2D eigenvalue weighted by atomic mass is 79.9. The average molecular weight is 447 g/mol. The van der Waals surface area contributed by atoms with E-state index < -0.39 is 4.92 Å². The second kappa shape index (κ2) is 10.6. The van der Waals surface area contributed by atoms with E-state index in [9.17, 15) is 14.9 Å². The number of carbonyl (C=O) groups is 1. The van der Waals surface area contributed by atoms with Crippen LogP contribution in [0.25, 0.3) is 0 Å². The molecule has 0 heterocycles. The van der Waals surface area contributed by atoms with E-state index in [-0.39, 0.29) is 11.6 Å². The summed E-state index contributed by atoms with van der Waals surface area (Å²) in [6.45, 7) is 5.76. The minimum atomic E-state index is -0.441. The summed E-state index contributed by atoms with van der Waals surface area (Å²) in [4.78, 5) is 25.1. The fourth-order valence-corrected chi connectivity index (χ4v) is 3.10. The SMILES string of the molecule is CCCCN(CC)c1ccc([N+](=O)[O-])cc1/C=N\NC(=O)c1cccc(Br)c1. The number of non-ortho nitro benzene ring substituents is 1. The molecule has 28 heavy (non-hydrogen) atoms. The molecule has 0 saturated carbocycles. The van der Waals surface area contributed by atoms with Crippen molar-refractivity contribution in [2.24, 2.45) is 5.10 Å². The molecule has 1 N–H and O–H groups in total. The lowest BCUT2D eigenvalue weighted by molar-refractivity contribution is -0.384. The maximum Gasteiger partial charge on any atom is 0.271 e. The Morgan fingerprint density at radius 2 is 2.07 bits per heavy atom. The second-order valence-electron chi connectivity index (χ2n) is 6.14. The number of nitro benzene ring substituents is 1. The lowest BCUT2D eigenvalue weighted by atomic mass is 10.1. The molecule has 8 heteroatoms. The van der Waals surface area contributed by atoms with Gasteiger partial charge in [0.05, 0.1) is 11.1 Å². The van der Waals surface area contributed by atoms with Crippen molar-refractivity contribution in [2.45, 2.75) is 26.7 Å². The van der Waals surface area contributed by atoms with Gasteiger partial charge >= 0.3 is 0 Å². The standard InChI is InChI=1S/C20H23BrN4O3/c1-3-5-11-24(4-2)19-10-9-18(25(27)28)13-16(19)14-22-23-20(26)15-7-6-8-17(21)12-15/h6-10,12-14H,3-5,11H2,1-2H3,(H,23,26)/b22-14-. The molecule has 0 aliphatic rings. The van der Waals surface area contributed by atoms with Crippen molar-refractivity contribution in [1.29, 1.82) is 0 Å². The van der Waals surface area contributed by atoms with Crippen molar-refractivity contribution in [3.63, 3.8) is 0 Å². The van der Waals surface area contributed by atoms with E-state index in [1.54, 1.807) is 24.3 Å². The van der Waals surface area contributed by atoms with Crippen LogP contribution >= 0.6 is 15.9 Å². The first-order chi connectivity index (χ1) is 13.5. The molecule has 0 aliphatic carbocycles. The highest BCUT2D eigenvalue weighted by molar-refractivity contribution is 9.10. The first-order valence-corrected chi connectivity index (χ1v) is 9.88. The molecule has 0 bridgehead atoms. The molecular weight excluding hydrogens is 424 g/mol. The predicted octanol–water partition coefficient (Wildman–Crippen LogP) is 4.75. The minimum Gasteiger partial charge on any atom is -0.371 e. The summed E-state index contributed by atoms with van der Waals surface area (Å²) in [7, 11) is 0. The third-order valence-corrected chi connectivity index (χ3v) is 4.68. The van der Waals surface area contributed by atoms with Crippen LogP contribution in [0, 0.1) is 10.1 Å². The molecule has 2 rings (SSSR count). The summed E-state index contributed by atoms with van der Waals surface area (Å²) in [5, 5.41) is 15.2. The Kier molecular flexibility index (Phi) is 8.13. The van der Waals surface area contributed by atoms with E-state index in [0.29, 0.717) is 11.1 Å². The first kappa shape index (κ1) is 21.6. The molecule has 0 fully saturated rings. The van der Waals surface area contributed by atoms with Gasteiger partial charge in [0.1, 0.15) is 0 Å². The zero-order valence-corrected chi connectivity index (χ0v) is 17.5. The number of hydrogen-bond acceptors (Lipinski definition) is 5. The lowest BCUT2D eigenvalue weighted by Crippen LogP contribution is -2.25. The van der Waals surface area contributed by atoms with Gasteiger partial charge in [-0.3, -0.25) is 14.9 Å². The number of anilines is 1. The molecule has 0 aromatic heterocycles. The molecule has 1 amide bonds. The summed E-state index contributed by atoms with van der Waals surface area (Å²) in [6, 6.07) is 11.6. The van der Waals surface area contributed by atoms with E-state index in [4.69, 9.17) is 0 Å². The summed E-state index contributed by atoms with van der Waals surface area (Å²) >= 11 is 3.32. The van der Waals surface area contributed by atoms with Crippen molar-refractivity contribution >= 4 is 39.4 Å². The van der Waals surface area contributed by atoms with Crippen LogP contribution in [0.15, 0.2) is 52.0 Å². The Bertz CT molecular complexity index is 870. The Hall–Kier alpha value is -2.74. The lowest BCUT2D eigenvalue weighted by Gasteiger charge is -2.24. The van der Waals surface area contributed by atoms with Crippen molar-refractivity contribution < 1.29 is 9.72 Å². The van der Waals surface area contributed by atoms with Gasteiger partial charge in [0.15, 0.2) is 0 Å². The van der Waals surface area contributed by atoms with Crippen molar-refractivity contribution in [1.82, 2.24) is 5.43 Å². The normalized spacial score (nSPS) is 10.8. The summed E-state index contributed by atoms with van der Waals surface area (Å²) in [6.07, 6.45) is 3.52. The minimum absolute atomic E-state index is 0.0185. The fourth-order valence-electron chi connectivity index (χ4n) is 2.70. The number of nitrogens with one attached hydrogen (secondary N) is 1. The van der Waals surface area contributed by atoms with Gasteiger partial charge in [-0.25, -0.2) is 5.43 Å². The Morgan fingerprint density at radius 1 is 1.29 bits per heavy atom. The van der Waals surface area contributed by atoms with E-state index >= 15 is 0 Å². The number of rotatable bonds is 9. The van der Waals surface area contributed by atoms with Crippen LogP contribution in [-0.2, 0) is 0 Å². The number of nitrogens with zero attached hydrogens (tertiary/aromatic N) is 3. The molecule has 2 aromatic carbocycles. The number of nitro groups is 1. The molecule has 7 nitrogen and oxygen atoms in total. The molecule has 148 valence electrons. The van der Waals surface area contributed by atoms with Gasteiger partial charge in [0.2, 0.25) is 0 Å². The van der Waals surface area contributed by atoms with E-state index in [2.05, 4.69) is 38.3 Å². The molecule has 0 aliphatic heterocycles. The Morgan fingerprint density at radius 3 is 2.71 bits per heavy atom. The third kappa shape index (κ3) is 5.88. The topological polar surface area (TPSA) is 87.8 Å². The number of amides is 1. The van der Waals surface area contributed by atoms with Crippen LogP contribution in [0.2, 0.25) is 0 Å². The van der Waals surface area contributed by atoms with E-state index in [1.165, 1.54) is 18.3 Å². The monoisotopic (exact) mass is 446 g/mol. The number of halogens is 1. The van der Waals surface area contributed by atoms with Gasteiger partial charge in [0, 0.05) is 46.5 Å². The van der Waals surface area contributed by atoms with Gasteiger partial charge in [0.25, 0.3) is 11.6 Å². The third-order valence-electron chi connectivity index (χ3n) is 4.18. The van der Waals surface area contributed by atoms with Crippen molar-refractivity contribution in [3.8, 4) is 0 Å². The van der Waals surface area contributed by atoms with Gasteiger partial charge in [-0.15, -0.1) is 0 Å². The van der Waals surface area contributed by atoms with Crippen molar-refractivity contribution in [3.05, 3.63) is 68.2 Å². The molecule has 0 unspecified atom stereocenters. The Labute approximate surface area is 172 Å². The Balaban J connectivity index is 2.25. The smallest absolute Gasteiger partial charge is 0.271 e. The number of hydrogen-bond donors (Lipinski definition) is 1.